The lowest BCUT2D eigenvalue weighted by molar-refractivity contribution is 0.0600. The Morgan fingerprint density at radius 2 is 1.83 bits per heavy atom. The van der Waals surface area contributed by atoms with Crippen molar-refractivity contribution in [3.8, 4) is 0 Å². The zero-order valence-corrected chi connectivity index (χ0v) is 14.0. The van der Waals surface area contributed by atoms with Gasteiger partial charge in [0.1, 0.15) is 0 Å². The van der Waals surface area contributed by atoms with Gasteiger partial charge >= 0.3 is 5.97 Å². The smallest absolute Gasteiger partial charge is 0.337 e. The topological polar surface area (TPSA) is 80.3 Å². The van der Waals surface area contributed by atoms with Gasteiger partial charge in [-0.25, -0.2) is 4.79 Å². The van der Waals surface area contributed by atoms with Crippen LogP contribution < -0.4 is 10.6 Å². The molecular weight excluding hydrogens is 306 g/mol. The molecule has 1 heterocycles. The predicted molar refractivity (Wildman–Crippen MR) is 93.3 cm³/mol. The molecule has 0 fully saturated rings. The molecule has 6 heteroatoms. The summed E-state index contributed by atoms with van der Waals surface area (Å²) in [6.07, 6.45) is 4.18. The minimum absolute atomic E-state index is 0.263. The maximum absolute atomic E-state index is 12.3. The molecule has 0 aliphatic carbocycles. The molecule has 1 amide bonds. The zero-order chi connectivity index (χ0) is 17.5. The van der Waals surface area contributed by atoms with E-state index >= 15 is 0 Å². The summed E-state index contributed by atoms with van der Waals surface area (Å²) in [5.41, 5.74) is 2.28. The van der Waals surface area contributed by atoms with E-state index in [0.29, 0.717) is 22.9 Å². The van der Waals surface area contributed by atoms with Gasteiger partial charge in [-0.2, -0.15) is 0 Å². The predicted octanol–water partition coefficient (Wildman–Crippen LogP) is 3.33. The average Bonchev–Trinajstić information content (AvgIpc) is 2.61. The molecule has 6 nitrogen and oxygen atoms in total. The van der Waals surface area contributed by atoms with E-state index in [0.717, 1.165) is 12.1 Å². The van der Waals surface area contributed by atoms with Gasteiger partial charge in [-0.1, -0.05) is 6.92 Å². The maximum Gasteiger partial charge on any atom is 0.337 e. The van der Waals surface area contributed by atoms with Crippen LogP contribution in [0.5, 0.6) is 0 Å². The molecule has 126 valence electrons. The van der Waals surface area contributed by atoms with Crippen molar-refractivity contribution < 1.29 is 14.3 Å². The largest absolute Gasteiger partial charge is 0.465 e. The van der Waals surface area contributed by atoms with Crippen LogP contribution in [0.1, 0.15) is 41.0 Å². The highest BCUT2D eigenvalue weighted by Gasteiger charge is 2.10. The van der Waals surface area contributed by atoms with E-state index in [1.165, 1.54) is 13.3 Å². The average molecular weight is 327 g/mol. The first kappa shape index (κ1) is 17.5. The second kappa shape index (κ2) is 8.10. The summed E-state index contributed by atoms with van der Waals surface area (Å²) < 4.78 is 4.64. The van der Waals surface area contributed by atoms with Crippen molar-refractivity contribution in [2.75, 3.05) is 17.7 Å². The summed E-state index contributed by atoms with van der Waals surface area (Å²) in [6, 6.07) is 8.56. The number of amides is 1. The van der Waals surface area contributed by atoms with Gasteiger partial charge < -0.3 is 15.4 Å². The minimum atomic E-state index is -0.416. The van der Waals surface area contributed by atoms with Crippen LogP contribution in [0.25, 0.3) is 0 Å². The fourth-order valence-corrected chi connectivity index (χ4v) is 2.04. The van der Waals surface area contributed by atoms with Crippen molar-refractivity contribution >= 4 is 23.3 Å². The van der Waals surface area contributed by atoms with Crippen LogP contribution in [0.4, 0.5) is 11.4 Å². The Labute approximate surface area is 141 Å². The van der Waals surface area contributed by atoms with Gasteiger partial charge in [-0.15, -0.1) is 0 Å². The summed E-state index contributed by atoms with van der Waals surface area (Å²) in [5.74, 6) is -0.679. The SMILES string of the molecule is CCC(C)Nc1cncc(C(=O)Nc2ccc(C(=O)OC)cc2)c1. The number of hydrogen-bond donors (Lipinski definition) is 2. The molecule has 0 spiro atoms. The normalized spacial score (nSPS) is 11.5. The number of esters is 1. The Hall–Kier alpha value is -2.89. The van der Waals surface area contributed by atoms with Crippen LogP contribution in [0.2, 0.25) is 0 Å². The van der Waals surface area contributed by atoms with E-state index < -0.39 is 5.97 Å². The van der Waals surface area contributed by atoms with Crippen LogP contribution in [0, 0.1) is 0 Å². The number of nitrogens with zero attached hydrogens (tertiary/aromatic N) is 1. The van der Waals surface area contributed by atoms with Gasteiger partial charge in [0.05, 0.1) is 23.9 Å². The van der Waals surface area contributed by atoms with Crippen molar-refractivity contribution in [1.29, 1.82) is 0 Å². The van der Waals surface area contributed by atoms with Crippen molar-refractivity contribution in [1.82, 2.24) is 4.98 Å². The summed E-state index contributed by atoms with van der Waals surface area (Å²) >= 11 is 0. The third kappa shape index (κ3) is 4.55. The molecule has 2 aromatic rings. The number of carbonyl (C=O) groups is 2. The molecule has 1 unspecified atom stereocenters. The van der Waals surface area contributed by atoms with Crippen LogP contribution in [-0.2, 0) is 4.74 Å². The lowest BCUT2D eigenvalue weighted by atomic mass is 10.2. The van der Waals surface area contributed by atoms with E-state index in [2.05, 4.69) is 34.2 Å². The second-order valence-electron chi connectivity index (χ2n) is 5.44. The molecule has 2 rings (SSSR count). The Morgan fingerprint density at radius 3 is 2.46 bits per heavy atom. The van der Waals surface area contributed by atoms with E-state index in [1.54, 1.807) is 36.5 Å². The molecular formula is C18H21N3O3. The summed E-state index contributed by atoms with van der Waals surface area (Å²) in [7, 11) is 1.32. The van der Waals surface area contributed by atoms with Crippen LogP contribution >= 0.6 is 0 Å². The fraction of sp³-hybridized carbons (Fsp3) is 0.278. The van der Waals surface area contributed by atoms with Crippen LogP contribution in [0.15, 0.2) is 42.7 Å². The molecule has 0 aliphatic rings. The Kier molecular flexibility index (Phi) is 5.89. The highest BCUT2D eigenvalue weighted by Crippen LogP contribution is 2.14. The number of rotatable bonds is 6. The first-order chi connectivity index (χ1) is 11.5. The van der Waals surface area contributed by atoms with Crippen molar-refractivity contribution in [2.24, 2.45) is 0 Å². The first-order valence-corrected chi connectivity index (χ1v) is 7.74. The number of ether oxygens (including phenoxy) is 1. The number of pyridine rings is 1. The zero-order valence-electron chi connectivity index (χ0n) is 14.0. The molecule has 1 atom stereocenters. The lowest BCUT2D eigenvalue weighted by Gasteiger charge is -2.13. The van der Waals surface area contributed by atoms with Gasteiger partial charge in [0.2, 0.25) is 0 Å². The number of hydrogen-bond acceptors (Lipinski definition) is 5. The molecule has 0 radical (unpaired) electrons. The number of carbonyl (C=O) groups excluding carboxylic acids is 2. The van der Waals surface area contributed by atoms with E-state index in [9.17, 15) is 9.59 Å². The Balaban J connectivity index is 2.06. The molecule has 0 bridgehead atoms. The lowest BCUT2D eigenvalue weighted by Crippen LogP contribution is -2.16. The third-order valence-electron chi connectivity index (χ3n) is 3.59. The number of methoxy groups -OCH3 is 1. The minimum Gasteiger partial charge on any atom is -0.465 e. The van der Waals surface area contributed by atoms with Crippen molar-refractivity contribution in [3.05, 3.63) is 53.9 Å². The van der Waals surface area contributed by atoms with Gasteiger partial charge in [0, 0.05) is 24.1 Å². The Bertz CT molecular complexity index is 714. The number of anilines is 2. The van der Waals surface area contributed by atoms with Gasteiger partial charge in [0.15, 0.2) is 0 Å². The third-order valence-corrected chi connectivity index (χ3v) is 3.59. The second-order valence-corrected chi connectivity index (χ2v) is 5.44. The van der Waals surface area contributed by atoms with Crippen molar-refractivity contribution in [3.63, 3.8) is 0 Å². The first-order valence-electron chi connectivity index (χ1n) is 7.74. The van der Waals surface area contributed by atoms with Crippen LogP contribution in [-0.4, -0.2) is 30.0 Å². The van der Waals surface area contributed by atoms with E-state index in [-0.39, 0.29) is 5.91 Å². The molecule has 24 heavy (non-hydrogen) atoms. The highest BCUT2D eigenvalue weighted by atomic mass is 16.5. The van der Waals surface area contributed by atoms with Crippen molar-refractivity contribution in [2.45, 2.75) is 26.3 Å². The molecule has 0 saturated heterocycles. The number of aromatic nitrogens is 1. The molecule has 1 aromatic carbocycles. The van der Waals surface area contributed by atoms with Gasteiger partial charge in [-0.3, -0.25) is 9.78 Å². The standard InChI is InChI=1S/C18H21N3O3/c1-4-12(2)20-16-9-14(10-19-11-16)17(22)21-15-7-5-13(6-8-15)18(23)24-3/h5-12,20H,4H2,1-3H3,(H,21,22). The summed E-state index contributed by atoms with van der Waals surface area (Å²) in [5, 5.41) is 6.06. The maximum atomic E-state index is 12.3. The van der Waals surface area contributed by atoms with Gasteiger partial charge in [-0.05, 0) is 43.7 Å². The van der Waals surface area contributed by atoms with Crippen LogP contribution in [0.3, 0.4) is 0 Å². The van der Waals surface area contributed by atoms with E-state index in [4.69, 9.17) is 0 Å². The number of nitrogens with one attached hydrogen (secondary N) is 2. The molecule has 0 aliphatic heterocycles. The summed E-state index contributed by atoms with van der Waals surface area (Å²) in [4.78, 5) is 27.8. The monoisotopic (exact) mass is 327 g/mol. The molecule has 0 saturated carbocycles. The quantitative estimate of drug-likeness (QED) is 0.796. The number of benzene rings is 1. The van der Waals surface area contributed by atoms with E-state index in [1.807, 2.05) is 0 Å². The molecule has 2 N–H and O–H groups in total. The highest BCUT2D eigenvalue weighted by molar-refractivity contribution is 6.04. The summed E-state index contributed by atoms with van der Waals surface area (Å²) in [6.45, 7) is 4.15. The van der Waals surface area contributed by atoms with Gasteiger partial charge in [0.25, 0.3) is 5.91 Å². The molecule has 1 aromatic heterocycles. The Morgan fingerprint density at radius 1 is 1.12 bits per heavy atom. The fourth-order valence-electron chi connectivity index (χ4n) is 2.04.